The molecule has 1 saturated heterocycles. The highest BCUT2D eigenvalue weighted by atomic mass is 32.2. The topological polar surface area (TPSA) is 66.5 Å². The van der Waals surface area contributed by atoms with E-state index in [-0.39, 0.29) is 18.1 Å². The molecule has 0 radical (unpaired) electrons. The summed E-state index contributed by atoms with van der Waals surface area (Å²) in [4.78, 5) is 11.4. The lowest BCUT2D eigenvalue weighted by atomic mass is 10.6. The van der Waals surface area contributed by atoms with Gasteiger partial charge in [-0.15, -0.1) is 0 Å². The minimum absolute atomic E-state index is 0.100. The van der Waals surface area contributed by atoms with E-state index in [1.54, 1.807) is 6.92 Å². The van der Waals surface area contributed by atoms with Gasteiger partial charge < -0.3 is 0 Å². The van der Waals surface area contributed by atoms with Crippen LogP contribution < -0.4 is 4.72 Å². The van der Waals surface area contributed by atoms with Crippen LogP contribution in [0.15, 0.2) is 0 Å². The minimum Gasteiger partial charge on any atom is -0.272 e. The molecule has 0 aromatic rings. The number of rotatable bonds is 2. The van der Waals surface area contributed by atoms with Crippen LogP contribution in [0.5, 0.6) is 0 Å². The SMILES string of the molecule is CC(N1C(=O)CNS1(=O)=O)[Si](C)(C)C. The summed E-state index contributed by atoms with van der Waals surface area (Å²) in [6.45, 7) is 7.82. The van der Waals surface area contributed by atoms with Gasteiger partial charge in [-0.25, -0.2) is 4.31 Å². The third kappa shape index (κ3) is 1.99. The quantitative estimate of drug-likeness (QED) is 0.682. The van der Waals surface area contributed by atoms with E-state index in [9.17, 15) is 13.2 Å². The normalized spacial score (nSPS) is 24.0. The van der Waals surface area contributed by atoms with Gasteiger partial charge in [-0.2, -0.15) is 13.1 Å². The molecule has 1 rings (SSSR count). The van der Waals surface area contributed by atoms with Crippen LogP contribution in [-0.4, -0.2) is 38.9 Å². The summed E-state index contributed by atoms with van der Waals surface area (Å²) in [5.41, 5.74) is -0.199. The van der Waals surface area contributed by atoms with Crippen molar-refractivity contribution in [1.82, 2.24) is 9.03 Å². The number of carbonyl (C=O) groups is 1. The van der Waals surface area contributed by atoms with E-state index in [1.165, 1.54) is 0 Å². The van der Waals surface area contributed by atoms with Crippen LogP contribution in [-0.2, 0) is 15.0 Å². The van der Waals surface area contributed by atoms with Crippen molar-refractivity contribution in [2.24, 2.45) is 0 Å². The lowest BCUT2D eigenvalue weighted by molar-refractivity contribution is -0.124. The Balaban J connectivity index is 3.03. The summed E-state index contributed by atoms with van der Waals surface area (Å²) in [5.74, 6) is -0.347. The van der Waals surface area contributed by atoms with E-state index in [2.05, 4.69) is 4.72 Å². The predicted octanol–water partition coefficient (Wildman–Crippen LogP) is -0.0711. The standard InChI is InChI=1S/C7H16N2O3SSi/c1-6(14(2,3)4)9-7(10)5-8-13(9,11)12/h6,8H,5H2,1-4H3. The van der Waals surface area contributed by atoms with Crippen molar-refractivity contribution in [1.29, 1.82) is 0 Å². The molecule has 5 nitrogen and oxygen atoms in total. The van der Waals surface area contributed by atoms with Crippen molar-refractivity contribution in [2.45, 2.75) is 32.2 Å². The maximum atomic E-state index is 11.5. The molecular formula is C7H16N2O3SSi. The number of amides is 1. The zero-order valence-corrected chi connectivity index (χ0v) is 10.7. The Labute approximate surface area is 85.7 Å². The van der Waals surface area contributed by atoms with Crippen LogP contribution in [0.2, 0.25) is 19.6 Å². The first-order chi connectivity index (χ1) is 6.16. The van der Waals surface area contributed by atoms with Gasteiger partial charge in [0.25, 0.3) is 5.91 Å². The molecule has 7 heteroatoms. The highest BCUT2D eigenvalue weighted by Crippen LogP contribution is 2.19. The summed E-state index contributed by atoms with van der Waals surface area (Å²) in [6, 6.07) is 0. The molecule has 0 aromatic carbocycles. The third-order valence-electron chi connectivity index (χ3n) is 2.52. The fraction of sp³-hybridized carbons (Fsp3) is 0.857. The zero-order valence-electron chi connectivity index (χ0n) is 8.86. The lowest BCUT2D eigenvalue weighted by Gasteiger charge is -2.31. The molecule has 1 amide bonds. The minimum atomic E-state index is -3.55. The number of nitrogens with one attached hydrogen (secondary N) is 1. The number of hydrogen-bond donors (Lipinski definition) is 1. The molecule has 1 heterocycles. The van der Waals surface area contributed by atoms with E-state index in [0.717, 1.165) is 4.31 Å². The average molecular weight is 236 g/mol. The maximum Gasteiger partial charge on any atom is 0.304 e. The summed E-state index contributed by atoms with van der Waals surface area (Å²) >= 11 is 0. The molecular weight excluding hydrogens is 220 g/mol. The van der Waals surface area contributed by atoms with E-state index in [0.29, 0.717) is 0 Å². The molecule has 1 aliphatic rings. The first-order valence-corrected chi connectivity index (χ1v) is 9.50. The van der Waals surface area contributed by atoms with Crippen LogP contribution in [0.25, 0.3) is 0 Å². The van der Waals surface area contributed by atoms with Crippen molar-refractivity contribution in [3.8, 4) is 0 Å². The number of carbonyl (C=O) groups excluding carboxylic acids is 1. The molecule has 1 aliphatic heterocycles. The summed E-state index contributed by atoms with van der Waals surface area (Å²) in [6.07, 6.45) is 0. The van der Waals surface area contributed by atoms with Gasteiger partial charge in [-0.05, 0) is 6.92 Å². The van der Waals surface area contributed by atoms with Crippen molar-refractivity contribution < 1.29 is 13.2 Å². The molecule has 1 atom stereocenters. The Morgan fingerprint density at radius 1 is 1.43 bits per heavy atom. The second kappa shape index (κ2) is 3.32. The van der Waals surface area contributed by atoms with Gasteiger partial charge in [0.2, 0.25) is 0 Å². The Morgan fingerprint density at radius 2 is 1.93 bits per heavy atom. The van der Waals surface area contributed by atoms with Crippen molar-refractivity contribution >= 4 is 24.2 Å². The molecule has 0 saturated carbocycles. The second-order valence-corrected chi connectivity index (χ2v) is 11.8. The van der Waals surface area contributed by atoms with Crippen molar-refractivity contribution in [2.75, 3.05) is 6.54 Å². The summed E-state index contributed by atoms with van der Waals surface area (Å²) in [7, 11) is -5.22. The van der Waals surface area contributed by atoms with E-state index >= 15 is 0 Å². The maximum absolute atomic E-state index is 11.5. The number of hydrogen-bond acceptors (Lipinski definition) is 3. The van der Waals surface area contributed by atoms with Crippen LogP contribution in [0.4, 0.5) is 0 Å². The highest BCUT2D eigenvalue weighted by molar-refractivity contribution is 7.88. The van der Waals surface area contributed by atoms with Crippen LogP contribution >= 0.6 is 0 Å². The van der Waals surface area contributed by atoms with E-state index in [4.69, 9.17) is 0 Å². The first-order valence-electron chi connectivity index (χ1n) is 4.48. The molecule has 0 aromatic heterocycles. The van der Waals surface area contributed by atoms with E-state index < -0.39 is 18.3 Å². The Morgan fingerprint density at radius 3 is 2.21 bits per heavy atom. The smallest absolute Gasteiger partial charge is 0.272 e. The van der Waals surface area contributed by atoms with Gasteiger partial charge in [0, 0.05) is 5.67 Å². The molecule has 82 valence electrons. The Bertz CT molecular complexity index is 346. The zero-order chi connectivity index (χ0) is 11.1. The number of nitrogens with zero attached hydrogens (tertiary/aromatic N) is 1. The fourth-order valence-electron chi connectivity index (χ4n) is 1.21. The van der Waals surface area contributed by atoms with Crippen molar-refractivity contribution in [3.63, 3.8) is 0 Å². The lowest BCUT2D eigenvalue weighted by Crippen LogP contribution is -2.52. The van der Waals surface area contributed by atoms with Gasteiger partial charge in [-0.1, -0.05) is 19.6 Å². The molecule has 1 N–H and O–H groups in total. The van der Waals surface area contributed by atoms with Gasteiger partial charge in [-0.3, -0.25) is 4.79 Å². The van der Waals surface area contributed by atoms with Crippen LogP contribution in [0.3, 0.4) is 0 Å². The van der Waals surface area contributed by atoms with Crippen LogP contribution in [0.1, 0.15) is 6.92 Å². The average Bonchev–Trinajstić information content (AvgIpc) is 2.23. The van der Waals surface area contributed by atoms with Gasteiger partial charge >= 0.3 is 10.2 Å². The van der Waals surface area contributed by atoms with Crippen molar-refractivity contribution in [3.05, 3.63) is 0 Å². The summed E-state index contributed by atoms with van der Waals surface area (Å²) in [5, 5.41) is 0. The summed E-state index contributed by atoms with van der Waals surface area (Å²) < 4.78 is 26.2. The Hall–Kier alpha value is -0.403. The first kappa shape index (κ1) is 11.7. The third-order valence-corrected chi connectivity index (χ3v) is 7.01. The van der Waals surface area contributed by atoms with Crippen LogP contribution in [0, 0.1) is 0 Å². The van der Waals surface area contributed by atoms with Gasteiger partial charge in [0.15, 0.2) is 0 Å². The highest BCUT2D eigenvalue weighted by Gasteiger charge is 2.42. The second-order valence-electron chi connectivity index (χ2n) is 4.56. The largest absolute Gasteiger partial charge is 0.304 e. The molecule has 0 bridgehead atoms. The van der Waals surface area contributed by atoms with Gasteiger partial charge in [0.1, 0.15) is 0 Å². The predicted molar refractivity (Wildman–Crippen MR) is 56.6 cm³/mol. The molecule has 1 fully saturated rings. The molecule has 0 aliphatic carbocycles. The van der Waals surface area contributed by atoms with E-state index in [1.807, 2.05) is 19.6 Å². The monoisotopic (exact) mass is 236 g/mol. The molecule has 0 spiro atoms. The Kier molecular flexibility index (Phi) is 2.77. The fourth-order valence-corrected chi connectivity index (χ4v) is 4.62. The molecule has 14 heavy (non-hydrogen) atoms. The van der Waals surface area contributed by atoms with Gasteiger partial charge in [0.05, 0.1) is 14.6 Å². The molecule has 1 unspecified atom stereocenters.